The van der Waals surface area contributed by atoms with E-state index < -0.39 is 6.10 Å². The minimum Gasteiger partial charge on any atom is -0.493 e. The van der Waals surface area contributed by atoms with Gasteiger partial charge >= 0.3 is 0 Å². The van der Waals surface area contributed by atoms with Crippen LogP contribution in [0.5, 0.6) is 11.5 Å². The molecule has 0 aliphatic carbocycles. The van der Waals surface area contributed by atoms with Crippen LogP contribution in [-0.2, 0) is 13.1 Å². The highest BCUT2D eigenvalue weighted by Crippen LogP contribution is 2.27. The lowest BCUT2D eigenvalue weighted by molar-refractivity contribution is 0.0601. The van der Waals surface area contributed by atoms with Crippen LogP contribution in [0.2, 0.25) is 10.0 Å². The summed E-state index contributed by atoms with van der Waals surface area (Å²) < 4.78 is 17.1. The molecule has 2 aromatic carbocycles. The maximum Gasteiger partial charge on any atom is 0.138 e. The number of aliphatic hydroxyl groups is 1. The SMILES string of the molecule is CCCOc1ccccc1CN(Cc1ccco1)CC(O)COc1ccc(Cl)cc1Cl. The summed E-state index contributed by atoms with van der Waals surface area (Å²) in [7, 11) is 0. The van der Waals surface area contributed by atoms with Crippen LogP contribution in [0.3, 0.4) is 0 Å². The van der Waals surface area contributed by atoms with Crippen molar-refractivity contribution in [1.29, 1.82) is 0 Å². The third kappa shape index (κ3) is 7.47. The number of nitrogens with zero attached hydrogens (tertiary/aromatic N) is 1. The average Bonchev–Trinajstić information content (AvgIpc) is 3.25. The number of para-hydroxylation sites is 1. The van der Waals surface area contributed by atoms with Gasteiger partial charge in [-0.15, -0.1) is 0 Å². The summed E-state index contributed by atoms with van der Waals surface area (Å²) in [5.41, 5.74) is 1.05. The smallest absolute Gasteiger partial charge is 0.138 e. The number of aliphatic hydroxyl groups excluding tert-OH is 1. The maximum absolute atomic E-state index is 10.6. The molecule has 1 aromatic heterocycles. The Kier molecular flexibility index (Phi) is 9.10. The third-order valence-corrected chi connectivity index (χ3v) is 5.11. The Labute approximate surface area is 193 Å². The molecule has 1 atom stereocenters. The molecule has 0 amide bonds. The molecule has 166 valence electrons. The summed E-state index contributed by atoms with van der Waals surface area (Å²) in [5.74, 6) is 2.16. The molecule has 3 aromatic rings. The lowest BCUT2D eigenvalue weighted by Crippen LogP contribution is -2.35. The van der Waals surface area contributed by atoms with E-state index in [1.165, 1.54) is 0 Å². The number of benzene rings is 2. The van der Waals surface area contributed by atoms with Crippen molar-refractivity contribution in [3.8, 4) is 11.5 Å². The molecule has 1 unspecified atom stereocenters. The van der Waals surface area contributed by atoms with Crippen LogP contribution in [-0.4, -0.2) is 35.9 Å². The van der Waals surface area contributed by atoms with E-state index in [1.807, 2.05) is 36.4 Å². The Balaban J connectivity index is 1.66. The normalized spacial score (nSPS) is 12.2. The second kappa shape index (κ2) is 12.0. The van der Waals surface area contributed by atoms with Crippen molar-refractivity contribution < 1.29 is 19.0 Å². The second-order valence-corrected chi connectivity index (χ2v) is 8.09. The zero-order valence-corrected chi connectivity index (χ0v) is 19.0. The van der Waals surface area contributed by atoms with Gasteiger partial charge in [-0.1, -0.05) is 48.3 Å². The van der Waals surface area contributed by atoms with E-state index in [-0.39, 0.29) is 6.61 Å². The molecular formula is C24H27Cl2NO4. The zero-order chi connectivity index (χ0) is 22.1. The summed E-state index contributed by atoms with van der Waals surface area (Å²) in [4.78, 5) is 2.10. The van der Waals surface area contributed by atoms with Crippen LogP contribution >= 0.6 is 23.2 Å². The van der Waals surface area contributed by atoms with Gasteiger partial charge in [0.1, 0.15) is 30.0 Å². The van der Waals surface area contributed by atoms with Crippen LogP contribution in [0.25, 0.3) is 0 Å². The first-order chi connectivity index (χ1) is 15.0. The predicted molar refractivity (Wildman–Crippen MR) is 123 cm³/mol. The van der Waals surface area contributed by atoms with Gasteiger partial charge in [-0.25, -0.2) is 0 Å². The van der Waals surface area contributed by atoms with Gasteiger partial charge in [0.25, 0.3) is 0 Å². The van der Waals surface area contributed by atoms with Gasteiger partial charge in [0.15, 0.2) is 0 Å². The van der Waals surface area contributed by atoms with Gasteiger partial charge in [-0.05, 0) is 42.8 Å². The van der Waals surface area contributed by atoms with Crippen molar-refractivity contribution >= 4 is 23.2 Å². The lowest BCUT2D eigenvalue weighted by atomic mass is 10.1. The van der Waals surface area contributed by atoms with Crippen molar-refractivity contribution in [2.45, 2.75) is 32.5 Å². The molecule has 0 aliphatic rings. The monoisotopic (exact) mass is 463 g/mol. The van der Waals surface area contributed by atoms with Crippen LogP contribution in [0.4, 0.5) is 0 Å². The van der Waals surface area contributed by atoms with Crippen LogP contribution in [0.1, 0.15) is 24.7 Å². The molecule has 0 saturated heterocycles. The van der Waals surface area contributed by atoms with E-state index in [4.69, 9.17) is 37.1 Å². The van der Waals surface area contributed by atoms with Crippen LogP contribution in [0, 0.1) is 0 Å². The third-order valence-electron chi connectivity index (χ3n) is 4.58. The molecule has 0 fully saturated rings. The van der Waals surface area contributed by atoms with E-state index in [9.17, 15) is 5.11 Å². The fraction of sp³-hybridized carbons (Fsp3) is 0.333. The number of halogens is 2. The van der Waals surface area contributed by atoms with Crippen LogP contribution < -0.4 is 9.47 Å². The summed E-state index contributed by atoms with van der Waals surface area (Å²) in [6, 6.07) is 16.7. The molecular weight excluding hydrogens is 437 g/mol. The fourth-order valence-corrected chi connectivity index (χ4v) is 3.63. The summed E-state index contributed by atoms with van der Waals surface area (Å²) in [6.07, 6.45) is 1.85. The fourth-order valence-electron chi connectivity index (χ4n) is 3.17. The van der Waals surface area contributed by atoms with E-state index in [2.05, 4.69) is 11.8 Å². The Morgan fingerprint density at radius 3 is 2.58 bits per heavy atom. The molecule has 0 radical (unpaired) electrons. The van der Waals surface area contributed by atoms with Gasteiger partial charge < -0.3 is 19.0 Å². The van der Waals surface area contributed by atoms with E-state index in [1.54, 1.807) is 24.5 Å². The minimum atomic E-state index is -0.731. The number of hydrogen-bond acceptors (Lipinski definition) is 5. The van der Waals surface area contributed by atoms with Gasteiger partial charge in [0.05, 0.1) is 24.4 Å². The van der Waals surface area contributed by atoms with Gasteiger partial charge in [0, 0.05) is 23.7 Å². The minimum absolute atomic E-state index is 0.101. The molecule has 0 aliphatic heterocycles. The summed E-state index contributed by atoms with van der Waals surface area (Å²) in [5, 5.41) is 11.6. The highest BCUT2D eigenvalue weighted by molar-refractivity contribution is 6.35. The Hall–Kier alpha value is -2.18. The summed E-state index contributed by atoms with van der Waals surface area (Å²) >= 11 is 12.1. The lowest BCUT2D eigenvalue weighted by Gasteiger charge is -2.25. The first-order valence-electron chi connectivity index (χ1n) is 10.3. The quantitative estimate of drug-likeness (QED) is 0.366. The van der Waals surface area contributed by atoms with Gasteiger partial charge in [0.2, 0.25) is 0 Å². The summed E-state index contributed by atoms with van der Waals surface area (Å²) in [6.45, 7) is 4.37. The Morgan fingerprint density at radius 2 is 1.84 bits per heavy atom. The first kappa shape index (κ1) is 23.5. The first-order valence-corrected chi connectivity index (χ1v) is 11.0. The van der Waals surface area contributed by atoms with Crippen LogP contribution in [0.15, 0.2) is 65.3 Å². The molecule has 0 bridgehead atoms. The molecule has 3 rings (SSSR count). The zero-order valence-electron chi connectivity index (χ0n) is 17.5. The Bertz CT molecular complexity index is 933. The molecule has 1 N–H and O–H groups in total. The molecule has 7 heteroatoms. The van der Waals surface area contributed by atoms with Crippen molar-refractivity contribution in [2.75, 3.05) is 19.8 Å². The molecule has 5 nitrogen and oxygen atoms in total. The second-order valence-electron chi connectivity index (χ2n) is 7.24. The number of furan rings is 1. The topological polar surface area (TPSA) is 55.1 Å². The standard InChI is InChI=1S/C24H27Cl2NO4/c1-2-11-30-23-8-4-3-6-18(23)14-27(16-21-7-5-12-29-21)15-20(28)17-31-24-10-9-19(25)13-22(24)26/h3-10,12-13,20,28H,2,11,14-17H2,1H3. The highest BCUT2D eigenvalue weighted by Gasteiger charge is 2.17. The number of hydrogen-bond donors (Lipinski definition) is 1. The molecule has 31 heavy (non-hydrogen) atoms. The van der Waals surface area contributed by atoms with Gasteiger partial charge in [-0.3, -0.25) is 4.90 Å². The van der Waals surface area contributed by atoms with Crippen molar-refractivity contribution in [2.24, 2.45) is 0 Å². The maximum atomic E-state index is 10.6. The molecule has 1 heterocycles. The average molecular weight is 464 g/mol. The van der Waals surface area contributed by atoms with Crippen molar-refractivity contribution in [3.05, 3.63) is 82.2 Å². The van der Waals surface area contributed by atoms with Gasteiger partial charge in [-0.2, -0.15) is 0 Å². The van der Waals surface area contributed by atoms with Crippen molar-refractivity contribution in [1.82, 2.24) is 4.90 Å². The Morgan fingerprint density at radius 1 is 1.00 bits per heavy atom. The number of ether oxygens (including phenoxy) is 2. The van der Waals surface area contributed by atoms with E-state index >= 15 is 0 Å². The number of rotatable bonds is 12. The molecule has 0 spiro atoms. The highest BCUT2D eigenvalue weighted by atomic mass is 35.5. The predicted octanol–water partition coefficient (Wildman–Crippen LogP) is 5.82. The van der Waals surface area contributed by atoms with Crippen molar-refractivity contribution in [3.63, 3.8) is 0 Å². The van der Waals surface area contributed by atoms with E-state index in [0.717, 1.165) is 23.5 Å². The largest absolute Gasteiger partial charge is 0.493 e. The van der Waals surface area contributed by atoms with E-state index in [0.29, 0.717) is 42.0 Å². The molecule has 0 saturated carbocycles.